The van der Waals surface area contributed by atoms with Crippen LogP contribution in [0.1, 0.15) is 51.2 Å². The molecule has 1 aromatic rings. The standard InChI is InChI=1S/C15H23NO3/c1-3-18-13-9-12(10-16-11-13)14(17)15(19-4-2)7-5-6-8-15/h9-11,14,17H,3-8H2,1-2H3. The molecule has 1 saturated carbocycles. The normalized spacial score (nSPS) is 19.3. The summed E-state index contributed by atoms with van der Waals surface area (Å²) < 4.78 is 11.3. The molecule has 4 nitrogen and oxygen atoms in total. The van der Waals surface area contributed by atoms with Gasteiger partial charge in [0.05, 0.1) is 18.4 Å². The summed E-state index contributed by atoms with van der Waals surface area (Å²) in [6.07, 6.45) is 6.75. The molecule has 1 aliphatic carbocycles. The number of aromatic nitrogens is 1. The van der Waals surface area contributed by atoms with Gasteiger partial charge in [-0.25, -0.2) is 0 Å². The lowest BCUT2D eigenvalue weighted by atomic mass is 9.90. The zero-order valence-electron chi connectivity index (χ0n) is 11.8. The molecule has 0 bridgehead atoms. The first-order valence-corrected chi connectivity index (χ1v) is 7.11. The molecule has 0 amide bonds. The number of pyridine rings is 1. The van der Waals surface area contributed by atoms with E-state index >= 15 is 0 Å². The van der Waals surface area contributed by atoms with Gasteiger partial charge in [-0.15, -0.1) is 0 Å². The number of aliphatic hydroxyl groups excluding tert-OH is 1. The number of hydrogen-bond acceptors (Lipinski definition) is 4. The van der Waals surface area contributed by atoms with Gasteiger partial charge in [0.2, 0.25) is 0 Å². The van der Waals surface area contributed by atoms with Gasteiger partial charge in [-0.2, -0.15) is 0 Å². The molecule has 4 heteroatoms. The largest absolute Gasteiger partial charge is 0.492 e. The van der Waals surface area contributed by atoms with Gasteiger partial charge in [0.15, 0.2) is 0 Å². The molecule has 106 valence electrons. The minimum Gasteiger partial charge on any atom is -0.492 e. The van der Waals surface area contributed by atoms with Crippen molar-refractivity contribution in [2.24, 2.45) is 0 Å². The summed E-state index contributed by atoms with van der Waals surface area (Å²) in [7, 11) is 0. The molecule has 0 spiro atoms. The molecule has 1 aliphatic rings. The van der Waals surface area contributed by atoms with Crippen LogP contribution in [0.2, 0.25) is 0 Å². The van der Waals surface area contributed by atoms with E-state index in [1.165, 1.54) is 0 Å². The maximum absolute atomic E-state index is 10.7. The van der Waals surface area contributed by atoms with Gasteiger partial charge in [0, 0.05) is 18.4 Å². The number of nitrogens with zero attached hydrogens (tertiary/aromatic N) is 1. The molecule has 19 heavy (non-hydrogen) atoms. The van der Waals surface area contributed by atoms with Crippen LogP contribution in [0.25, 0.3) is 0 Å². The SMILES string of the molecule is CCOc1cncc(C(O)C2(OCC)CCCC2)c1. The Kier molecular flexibility index (Phi) is 4.77. The fraction of sp³-hybridized carbons (Fsp3) is 0.667. The fourth-order valence-electron chi connectivity index (χ4n) is 2.89. The first kappa shape index (κ1) is 14.3. The van der Waals surface area contributed by atoms with Crippen LogP contribution < -0.4 is 4.74 Å². The molecule has 0 aliphatic heterocycles. The molecule has 0 radical (unpaired) electrons. The molecular formula is C15H23NO3. The van der Waals surface area contributed by atoms with Crippen LogP contribution in [0.5, 0.6) is 5.75 Å². The monoisotopic (exact) mass is 265 g/mol. The van der Waals surface area contributed by atoms with Crippen molar-refractivity contribution in [3.63, 3.8) is 0 Å². The molecule has 1 unspecified atom stereocenters. The van der Waals surface area contributed by atoms with Gasteiger partial charge in [-0.1, -0.05) is 12.8 Å². The van der Waals surface area contributed by atoms with E-state index in [0.29, 0.717) is 19.0 Å². The molecule has 0 aromatic carbocycles. The number of aliphatic hydroxyl groups is 1. The van der Waals surface area contributed by atoms with Crippen molar-refractivity contribution in [2.45, 2.75) is 51.2 Å². The third kappa shape index (κ3) is 3.07. The second-order valence-electron chi connectivity index (χ2n) is 4.99. The van der Waals surface area contributed by atoms with E-state index in [1.54, 1.807) is 12.4 Å². The summed E-state index contributed by atoms with van der Waals surface area (Å²) in [4.78, 5) is 4.15. The fourth-order valence-corrected chi connectivity index (χ4v) is 2.89. The molecule has 1 heterocycles. The predicted molar refractivity (Wildman–Crippen MR) is 73.2 cm³/mol. The van der Waals surface area contributed by atoms with Gasteiger partial charge in [-0.3, -0.25) is 4.98 Å². The zero-order chi connectivity index (χ0) is 13.7. The van der Waals surface area contributed by atoms with Crippen LogP contribution in [0.4, 0.5) is 0 Å². The predicted octanol–water partition coefficient (Wildman–Crippen LogP) is 2.86. The Bertz CT molecular complexity index is 402. The van der Waals surface area contributed by atoms with E-state index in [4.69, 9.17) is 9.47 Å². The average Bonchev–Trinajstić information content (AvgIpc) is 2.89. The van der Waals surface area contributed by atoms with Crippen LogP contribution in [0.15, 0.2) is 18.5 Å². The molecule has 0 saturated heterocycles. The minimum atomic E-state index is -0.636. The van der Waals surface area contributed by atoms with Gasteiger partial charge in [0.1, 0.15) is 11.9 Å². The maximum atomic E-state index is 10.7. The van der Waals surface area contributed by atoms with E-state index in [0.717, 1.165) is 31.2 Å². The van der Waals surface area contributed by atoms with E-state index in [2.05, 4.69) is 4.98 Å². The molecule has 1 N–H and O–H groups in total. The van der Waals surface area contributed by atoms with Crippen LogP contribution in [0, 0.1) is 0 Å². The molecular weight excluding hydrogens is 242 g/mol. The first-order valence-electron chi connectivity index (χ1n) is 7.11. The Hall–Kier alpha value is -1.13. The van der Waals surface area contributed by atoms with E-state index in [9.17, 15) is 5.11 Å². The minimum absolute atomic E-state index is 0.443. The van der Waals surface area contributed by atoms with Crippen LogP contribution in [-0.2, 0) is 4.74 Å². The van der Waals surface area contributed by atoms with E-state index < -0.39 is 11.7 Å². The quantitative estimate of drug-likeness (QED) is 0.859. The van der Waals surface area contributed by atoms with Crippen molar-refractivity contribution in [1.82, 2.24) is 4.98 Å². The lowest BCUT2D eigenvalue weighted by molar-refractivity contribution is -0.118. The Morgan fingerprint density at radius 2 is 2.00 bits per heavy atom. The summed E-state index contributed by atoms with van der Waals surface area (Å²) in [6.45, 7) is 5.12. The lowest BCUT2D eigenvalue weighted by Crippen LogP contribution is -2.36. The van der Waals surface area contributed by atoms with Crippen molar-refractivity contribution in [3.8, 4) is 5.75 Å². The van der Waals surface area contributed by atoms with Crippen molar-refractivity contribution >= 4 is 0 Å². The molecule has 2 rings (SSSR count). The summed E-state index contributed by atoms with van der Waals surface area (Å²) in [5, 5.41) is 10.7. The highest BCUT2D eigenvalue weighted by molar-refractivity contribution is 5.27. The molecule has 1 atom stereocenters. The summed E-state index contributed by atoms with van der Waals surface area (Å²) in [5.74, 6) is 0.698. The summed E-state index contributed by atoms with van der Waals surface area (Å²) in [6, 6.07) is 1.86. The van der Waals surface area contributed by atoms with Crippen LogP contribution >= 0.6 is 0 Å². The van der Waals surface area contributed by atoms with Gasteiger partial charge < -0.3 is 14.6 Å². The number of rotatable bonds is 6. The van der Waals surface area contributed by atoms with E-state index in [1.807, 2.05) is 19.9 Å². The van der Waals surface area contributed by atoms with Crippen molar-refractivity contribution in [2.75, 3.05) is 13.2 Å². The highest BCUT2D eigenvalue weighted by Gasteiger charge is 2.42. The smallest absolute Gasteiger partial charge is 0.137 e. The first-order chi connectivity index (χ1) is 9.22. The van der Waals surface area contributed by atoms with E-state index in [-0.39, 0.29) is 0 Å². The second kappa shape index (κ2) is 6.35. The van der Waals surface area contributed by atoms with Crippen molar-refractivity contribution < 1.29 is 14.6 Å². The van der Waals surface area contributed by atoms with Gasteiger partial charge in [-0.05, 0) is 32.8 Å². The third-order valence-electron chi connectivity index (χ3n) is 3.74. The second-order valence-corrected chi connectivity index (χ2v) is 4.99. The maximum Gasteiger partial charge on any atom is 0.137 e. The third-order valence-corrected chi connectivity index (χ3v) is 3.74. The topological polar surface area (TPSA) is 51.6 Å². The van der Waals surface area contributed by atoms with Crippen molar-refractivity contribution in [1.29, 1.82) is 0 Å². The summed E-state index contributed by atoms with van der Waals surface area (Å²) in [5.41, 5.74) is 0.336. The van der Waals surface area contributed by atoms with Gasteiger partial charge >= 0.3 is 0 Å². The zero-order valence-corrected chi connectivity index (χ0v) is 11.8. The summed E-state index contributed by atoms with van der Waals surface area (Å²) >= 11 is 0. The Balaban J connectivity index is 2.21. The van der Waals surface area contributed by atoms with Crippen molar-refractivity contribution in [3.05, 3.63) is 24.0 Å². The average molecular weight is 265 g/mol. The van der Waals surface area contributed by atoms with Crippen LogP contribution in [-0.4, -0.2) is 28.9 Å². The number of ether oxygens (including phenoxy) is 2. The Morgan fingerprint density at radius 1 is 1.26 bits per heavy atom. The van der Waals surface area contributed by atoms with Gasteiger partial charge in [0.25, 0.3) is 0 Å². The highest BCUT2D eigenvalue weighted by atomic mass is 16.5. The van der Waals surface area contributed by atoms with Crippen LogP contribution in [0.3, 0.4) is 0 Å². The Morgan fingerprint density at radius 3 is 2.63 bits per heavy atom. The molecule has 1 fully saturated rings. The highest BCUT2D eigenvalue weighted by Crippen LogP contribution is 2.43. The number of hydrogen-bond donors (Lipinski definition) is 1. The molecule has 1 aromatic heterocycles. The lowest BCUT2D eigenvalue weighted by Gasteiger charge is -2.34. The Labute approximate surface area is 114 Å².